The van der Waals surface area contributed by atoms with Gasteiger partial charge in [0.15, 0.2) is 40.1 Å². The number of amides is 1. The molecule has 22 nitrogen and oxygen atoms in total. The zero-order valence-corrected chi connectivity index (χ0v) is 41.6. The Morgan fingerprint density at radius 3 is 1.97 bits per heavy atom. The van der Waals surface area contributed by atoms with E-state index < -0.39 is 5.91 Å². The number of nitrogens with one attached hydrogen (secondary N) is 6. The van der Waals surface area contributed by atoms with E-state index in [4.69, 9.17) is 34.6 Å². The van der Waals surface area contributed by atoms with Crippen molar-refractivity contribution in [2.75, 3.05) is 47.6 Å². The second-order valence-corrected chi connectivity index (χ2v) is 16.9. The molecule has 380 valence electrons. The Kier molecular flexibility index (Phi) is 19.2. The molecule has 9 rings (SSSR count). The van der Waals surface area contributed by atoms with Gasteiger partial charge in [-0.25, -0.2) is 55.3 Å². The summed E-state index contributed by atoms with van der Waals surface area (Å²) in [6.45, 7) is 12.4. The number of nitrogens with zero attached hydrogens (tertiary/aromatic N) is 11. The minimum Gasteiger partial charge on any atom is -0.466 e. The van der Waals surface area contributed by atoms with Gasteiger partial charge in [0.1, 0.15) is 36.0 Å². The van der Waals surface area contributed by atoms with Crippen molar-refractivity contribution in [1.29, 1.82) is 0 Å². The van der Waals surface area contributed by atoms with Crippen LogP contribution in [0.15, 0.2) is 73.8 Å². The van der Waals surface area contributed by atoms with Crippen LogP contribution in [0.5, 0.6) is 0 Å². The topological polar surface area (TPSA) is 283 Å². The van der Waals surface area contributed by atoms with Crippen LogP contribution in [-0.4, -0.2) is 103 Å². The number of aromatic nitrogens is 12. The molecule has 72 heavy (non-hydrogen) atoms. The summed E-state index contributed by atoms with van der Waals surface area (Å²) in [5.41, 5.74) is 6.05. The monoisotopic (exact) mass is 984 g/mol. The van der Waals surface area contributed by atoms with Crippen molar-refractivity contribution < 1.29 is 24.3 Å². The Bertz CT molecular complexity index is 3000. The lowest BCUT2D eigenvalue weighted by molar-refractivity contribution is -0.143. The summed E-state index contributed by atoms with van der Waals surface area (Å²) >= 11 is 0. The van der Waals surface area contributed by atoms with Gasteiger partial charge in [-0.15, -0.1) is 0 Å². The summed E-state index contributed by atoms with van der Waals surface area (Å²) < 4.78 is 13.0. The summed E-state index contributed by atoms with van der Waals surface area (Å²) in [5.74, 6) is 3.38. The third kappa shape index (κ3) is 13.4. The number of hydroxylamine groups is 1. The predicted molar refractivity (Wildman–Crippen MR) is 276 cm³/mol. The molecule has 8 aromatic rings. The number of ether oxygens (including phenoxy) is 2. The molecule has 1 fully saturated rings. The number of rotatable bonds is 20. The molecule has 0 aliphatic carbocycles. The number of carbonyl (C=O) groups is 2. The maximum Gasteiger partial charge on any atom is 0.305 e. The number of imidazole rings is 2. The third-order valence-electron chi connectivity index (χ3n) is 11.5. The molecule has 1 aliphatic heterocycles. The predicted octanol–water partition coefficient (Wildman–Crippen LogP) is 8.76. The number of hydrogen-bond acceptors (Lipinski definition) is 19. The Balaban J connectivity index is 0.000000204. The van der Waals surface area contributed by atoms with Gasteiger partial charge >= 0.3 is 5.97 Å². The van der Waals surface area contributed by atoms with Crippen LogP contribution in [0.4, 0.5) is 23.3 Å². The van der Waals surface area contributed by atoms with Gasteiger partial charge in [0, 0.05) is 43.3 Å². The van der Waals surface area contributed by atoms with Gasteiger partial charge in [0.2, 0.25) is 5.91 Å². The van der Waals surface area contributed by atoms with Crippen LogP contribution in [0, 0.1) is 0 Å². The van der Waals surface area contributed by atoms with Crippen LogP contribution in [0.25, 0.3) is 44.1 Å². The zero-order chi connectivity index (χ0) is 50.7. The van der Waals surface area contributed by atoms with Crippen molar-refractivity contribution in [3.63, 3.8) is 0 Å². The van der Waals surface area contributed by atoms with E-state index in [0.29, 0.717) is 79.2 Å². The number of aromatic amines is 1. The molecule has 7 N–H and O–H groups in total. The Morgan fingerprint density at radius 2 is 1.36 bits per heavy atom. The van der Waals surface area contributed by atoms with Crippen LogP contribution in [-0.2, 0) is 19.1 Å². The lowest BCUT2D eigenvalue weighted by Crippen LogP contribution is -2.19. The van der Waals surface area contributed by atoms with Crippen molar-refractivity contribution >= 4 is 79.3 Å². The average molecular weight is 984 g/mol. The summed E-state index contributed by atoms with van der Waals surface area (Å²) in [6.07, 6.45) is 14.0. The van der Waals surface area contributed by atoms with E-state index in [1.807, 2.05) is 66.9 Å². The molecular formula is C50H65N17O5. The molecule has 1 aliphatic rings. The highest BCUT2D eigenvalue weighted by Crippen LogP contribution is 2.31. The quantitative estimate of drug-likeness (QED) is 0.0163. The van der Waals surface area contributed by atoms with Crippen LogP contribution >= 0.6 is 0 Å². The van der Waals surface area contributed by atoms with E-state index in [0.717, 1.165) is 77.5 Å². The van der Waals surface area contributed by atoms with Crippen molar-refractivity contribution in [3.8, 4) is 0 Å². The maximum absolute atomic E-state index is 11.7. The largest absolute Gasteiger partial charge is 0.466 e. The molecule has 2 aromatic carbocycles. The second-order valence-electron chi connectivity index (χ2n) is 16.9. The first-order valence-electron chi connectivity index (χ1n) is 24.8. The zero-order valence-electron chi connectivity index (χ0n) is 41.6. The molecule has 0 spiro atoms. The molecule has 22 heteroatoms. The van der Waals surface area contributed by atoms with E-state index >= 15 is 0 Å². The van der Waals surface area contributed by atoms with E-state index in [1.165, 1.54) is 12.7 Å². The molecule has 1 saturated heterocycles. The van der Waals surface area contributed by atoms with Gasteiger partial charge in [-0.1, -0.05) is 58.4 Å². The number of H-pyrrole nitrogens is 1. The fraction of sp³-hybridized carbons (Fsp3) is 0.440. The van der Waals surface area contributed by atoms with Crippen molar-refractivity contribution in [2.45, 2.75) is 117 Å². The maximum atomic E-state index is 11.7. The van der Waals surface area contributed by atoms with E-state index in [2.05, 4.69) is 76.9 Å². The molecule has 0 bridgehead atoms. The third-order valence-corrected chi connectivity index (χ3v) is 11.5. The second kappa shape index (κ2) is 26.5. The van der Waals surface area contributed by atoms with Crippen molar-refractivity contribution in [2.24, 2.45) is 0 Å². The number of carbonyl (C=O) groups excluding carboxylic acids is 2. The lowest BCUT2D eigenvalue weighted by Gasteiger charge is -2.23. The molecule has 0 radical (unpaired) electrons. The fourth-order valence-electron chi connectivity index (χ4n) is 7.97. The molecule has 1 unspecified atom stereocenters. The van der Waals surface area contributed by atoms with E-state index in [-0.39, 0.29) is 30.7 Å². The first-order chi connectivity index (χ1) is 35.3. The van der Waals surface area contributed by atoms with Crippen molar-refractivity contribution in [3.05, 3.63) is 85.5 Å². The minimum atomic E-state index is -0.416. The summed E-state index contributed by atoms with van der Waals surface area (Å²) in [6, 6.07) is 15.3. The van der Waals surface area contributed by atoms with E-state index in [9.17, 15) is 9.59 Å². The van der Waals surface area contributed by atoms with Gasteiger partial charge in [-0.2, -0.15) is 0 Å². The molecular weight excluding hydrogens is 919 g/mol. The first-order valence-corrected chi connectivity index (χ1v) is 24.8. The van der Waals surface area contributed by atoms with Gasteiger partial charge < -0.3 is 35.7 Å². The average Bonchev–Trinajstić information content (AvgIpc) is 4.09. The fourth-order valence-corrected chi connectivity index (χ4v) is 7.97. The van der Waals surface area contributed by atoms with Crippen LogP contribution in [0.1, 0.15) is 129 Å². The highest BCUT2D eigenvalue weighted by atomic mass is 16.5. The van der Waals surface area contributed by atoms with Crippen LogP contribution in [0.3, 0.4) is 0 Å². The Hall–Kier alpha value is -7.72. The van der Waals surface area contributed by atoms with Crippen LogP contribution < -0.4 is 26.7 Å². The Labute approximate surface area is 417 Å². The number of hydrogen-bond donors (Lipinski definition) is 7. The summed E-state index contributed by atoms with van der Waals surface area (Å²) in [5, 5.41) is 24.1. The normalized spacial score (nSPS) is 14.1. The minimum absolute atomic E-state index is 0.0558. The summed E-state index contributed by atoms with van der Waals surface area (Å²) in [7, 11) is 0. The van der Waals surface area contributed by atoms with Crippen molar-refractivity contribution in [1.82, 2.24) is 64.9 Å². The molecule has 0 saturated carbocycles. The van der Waals surface area contributed by atoms with Gasteiger partial charge in [0.25, 0.3) is 0 Å². The highest BCUT2D eigenvalue weighted by molar-refractivity contribution is 5.90. The smallest absolute Gasteiger partial charge is 0.305 e. The standard InChI is InChI=1S/C27H34N8O3.C20H23N9O2.C3H8/c1-3-19(32-26-23-27(30-16-29-26)35(17-31-23)21-12-7-8-15-38-21)25-33-20-11-6-5-10-18(20)24(34-25)28-14-9-13-22(36)37-4-2;1-2-13(26-20-16-19(23-10-22-16)24-11-25-20)18-27-14-7-4-3-6-12(14)17(28-18)21-9-5-8-15(30)29-31;1-3-2/h5-6,10-11,16-17,19,21H,3-4,7-9,12-15H2,1-2H3,(H,28,33,34)(H,29,30,32);3-4,6-7,10-11,13,31H,2,5,8-9H2,1H3,(H,29,30)(H,21,27,28)(H2,22,23,24,25,26);3H2,1-2H3/t19-,21?;13-;/m00./s1. The highest BCUT2D eigenvalue weighted by Gasteiger charge is 2.23. The van der Waals surface area contributed by atoms with E-state index in [1.54, 1.807) is 24.5 Å². The number of esters is 1. The SMILES string of the molecule is CCC.CCOC(=O)CCCNc1nc([C@H](CC)Nc2ncnc3c2ncn3C2CCCCO2)nc2ccccc12.CC[C@H](Nc1ncnc2nc[nH]c12)c1nc(NCCCC(=O)NO)c2ccccc2n1. The number of anilines is 4. The lowest BCUT2D eigenvalue weighted by atomic mass is 10.1. The van der Waals surface area contributed by atoms with Gasteiger partial charge in [-0.05, 0) is 76.1 Å². The first kappa shape index (κ1) is 52.1. The summed E-state index contributed by atoms with van der Waals surface area (Å²) in [4.78, 5) is 71.5. The van der Waals surface area contributed by atoms with Gasteiger partial charge in [0.05, 0.1) is 42.4 Å². The number of fused-ring (bicyclic) bond motifs is 4. The molecule has 6 aromatic heterocycles. The molecule has 7 heterocycles. The number of benzene rings is 2. The Morgan fingerprint density at radius 1 is 0.750 bits per heavy atom. The van der Waals surface area contributed by atoms with Crippen LogP contribution in [0.2, 0.25) is 0 Å². The molecule has 3 atom stereocenters. The molecule has 1 amide bonds. The number of para-hydroxylation sites is 2. The van der Waals surface area contributed by atoms with Gasteiger partial charge in [-0.3, -0.25) is 19.4 Å².